The summed E-state index contributed by atoms with van der Waals surface area (Å²) in [6, 6.07) is 0. The number of hydrogen-bond acceptors (Lipinski definition) is 3. The quantitative estimate of drug-likeness (QED) is 0.466. The summed E-state index contributed by atoms with van der Waals surface area (Å²) < 4.78 is 10.2. The lowest BCUT2D eigenvalue weighted by molar-refractivity contribution is -0.154. The molecule has 1 unspecified atom stereocenters. The number of carbonyl (C=O) groups is 1. The van der Waals surface area contributed by atoms with Crippen molar-refractivity contribution in [1.29, 1.82) is 0 Å². The summed E-state index contributed by atoms with van der Waals surface area (Å²) in [5, 5.41) is 0. The Kier molecular flexibility index (Phi) is 2.17. The van der Waals surface area contributed by atoms with Crippen molar-refractivity contribution in [2.75, 3.05) is 13.2 Å². The Hall–Kier alpha value is -0.570. The minimum Gasteiger partial charge on any atom is -0.462 e. The predicted molar refractivity (Wildman–Crippen MR) is 44.8 cm³/mol. The van der Waals surface area contributed by atoms with Crippen LogP contribution in [0.15, 0.2) is 0 Å². The Bertz CT molecular complexity index is 186. The van der Waals surface area contributed by atoms with Crippen LogP contribution in [0.4, 0.5) is 0 Å². The van der Waals surface area contributed by atoms with Crippen LogP contribution in [0.5, 0.6) is 0 Å². The molecule has 70 valence electrons. The van der Waals surface area contributed by atoms with E-state index in [1.54, 1.807) is 0 Å². The first-order valence-corrected chi connectivity index (χ1v) is 4.15. The Morgan fingerprint density at radius 2 is 2.08 bits per heavy atom. The maximum atomic E-state index is 11.3. The minimum atomic E-state index is -0.411. The van der Waals surface area contributed by atoms with Gasteiger partial charge in [0.15, 0.2) is 0 Å². The lowest BCUT2D eigenvalue weighted by Crippen LogP contribution is -2.27. The van der Waals surface area contributed by atoms with E-state index in [0.717, 1.165) is 0 Å². The number of ether oxygens (including phenoxy) is 2. The van der Waals surface area contributed by atoms with E-state index < -0.39 is 5.41 Å². The van der Waals surface area contributed by atoms with Crippen molar-refractivity contribution in [3.8, 4) is 0 Å². The van der Waals surface area contributed by atoms with Gasteiger partial charge in [-0.25, -0.2) is 0 Å². The van der Waals surface area contributed by atoms with Crippen LogP contribution in [-0.2, 0) is 14.3 Å². The lowest BCUT2D eigenvalue weighted by atomic mass is 9.97. The zero-order valence-electron chi connectivity index (χ0n) is 8.14. The predicted octanol–water partition coefficient (Wildman–Crippen LogP) is 1.36. The van der Waals surface area contributed by atoms with Crippen molar-refractivity contribution in [3.05, 3.63) is 0 Å². The molecule has 1 rings (SSSR count). The lowest BCUT2D eigenvalue weighted by Gasteiger charge is -2.17. The highest BCUT2D eigenvalue weighted by Crippen LogP contribution is 2.27. The number of rotatable bonds is 2. The third kappa shape index (κ3) is 2.48. The largest absolute Gasteiger partial charge is 0.462 e. The Morgan fingerprint density at radius 3 is 2.42 bits per heavy atom. The zero-order valence-corrected chi connectivity index (χ0v) is 8.14. The van der Waals surface area contributed by atoms with Crippen LogP contribution in [-0.4, -0.2) is 24.8 Å². The highest BCUT2D eigenvalue weighted by molar-refractivity contribution is 5.75. The summed E-state index contributed by atoms with van der Waals surface area (Å²) >= 11 is 0. The highest BCUT2D eigenvalue weighted by atomic mass is 16.6. The van der Waals surface area contributed by atoms with Gasteiger partial charge < -0.3 is 9.47 Å². The Morgan fingerprint density at radius 1 is 1.58 bits per heavy atom. The van der Waals surface area contributed by atoms with Crippen LogP contribution in [0, 0.1) is 5.41 Å². The molecule has 0 radical (unpaired) electrons. The zero-order chi connectivity index (χ0) is 9.41. The summed E-state index contributed by atoms with van der Waals surface area (Å²) in [7, 11) is 0. The standard InChI is InChI=1S/C9H16O3/c1-8(2,3)7(10)11-5-9(4)6-12-9/h5-6H2,1-4H3. The first kappa shape index (κ1) is 9.52. The first-order valence-electron chi connectivity index (χ1n) is 4.15. The van der Waals surface area contributed by atoms with E-state index in [4.69, 9.17) is 9.47 Å². The summed E-state index contributed by atoms with van der Waals surface area (Å²) in [6.07, 6.45) is 0. The van der Waals surface area contributed by atoms with Gasteiger partial charge in [-0.15, -0.1) is 0 Å². The topological polar surface area (TPSA) is 38.8 Å². The summed E-state index contributed by atoms with van der Waals surface area (Å²) in [5.74, 6) is -0.167. The number of carbonyl (C=O) groups excluding carboxylic acids is 1. The molecule has 3 heteroatoms. The van der Waals surface area contributed by atoms with Crippen LogP contribution in [0.2, 0.25) is 0 Å². The fourth-order valence-electron chi connectivity index (χ4n) is 0.641. The van der Waals surface area contributed by atoms with Crippen molar-refractivity contribution in [2.45, 2.75) is 33.3 Å². The van der Waals surface area contributed by atoms with Gasteiger partial charge >= 0.3 is 5.97 Å². The number of hydrogen-bond donors (Lipinski definition) is 0. The molecule has 1 saturated heterocycles. The maximum Gasteiger partial charge on any atom is 0.311 e. The SMILES string of the molecule is CC1(COC(=O)C(C)(C)C)CO1. The van der Waals surface area contributed by atoms with Crippen LogP contribution < -0.4 is 0 Å². The molecule has 3 nitrogen and oxygen atoms in total. The molecule has 1 aliphatic rings. The van der Waals surface area contributed by atoms with Gasteiger partial charge in [0.05, 0.1) is 12.0 Å². The molecule has 0 aromatic carbocycles. The van der Waals surface area contributed by atoms with Gasteiger partial charge in [0.2, 0.25) is 0 Å². The minimum absolute atomic E-state index is 0.167. The van der Waals surface area contributed by atoms with E-state index in [1.807, 2.05) is 27.7 Å². The molecule has 1 aliphatic heterocycles. The van der Waals surface area contributed by atoms with Crippen LogP contribution in [0.25, 0.3) is 0 Å². The van der Waals surface area contributed by atoms with Crippen molar-refractivity contribution in [2.24, 2.45) is 5.41 Å². The molecular formula is C9H16O3. The van der Waals surface area contributed by atoms with Gasteiger partial charge in [0.1, 0.15) is 12.2 Å². The fourth-order valence-corrected chi connectivity index (χ4v) is 0.641. The molecule has 0 bridgehead atoms. The van der Waals surface area contributed by atoms with Gasteiger partial charge in [-0.1, -0.05) is 0 Å². The molecule has 0 N–H and O–H groups in total. The Labute approximate surface area is 73.0 Å². The average molecular weight is 172 g/mol. The molecule has 1 atom stereocenters. The molecular weight excluding hydrogens is 156 g/mol. The third-order valence-electron chi connectivity index (χ3n) is 1.76. The second kappa shape index (κ2) is 2.73. The summed E-state index contributed by atoms with van der Waals surface area (Å²) in [5.41, 5.74) is -0.605. The van der Waals surface area contributed by atoms with Gasteiger partial charge in [-0.3, -0.25) is 4.79 Å². The van der Waals surface area contributed by atoms with E-state index in [9.17, 15) is 4.79 Å². The van der Waals surface area contributed by atoms with Gasteiger partial charge in [-0.05, 0) is 27.7 Å². The monoisotopic (exact) mass is 172 g/mol. The van der Waals surface area contributed by atoms with E-state index in [-0.39, 0.29) is 11.6 Å². The van der Waals surface area contributed by atoms with Crippen LogP contribution >= 0.6 is 0 Å². The second-order valence-electron chi connectivity index (χ2n) is 4.56. The van der Waals surface area contributed by atoms with Crippen molar-refractivity contribution in [3.63, 3.8) is 0 Å². The van der Waals surface area contributed by atoms with E-state index in [1.165, 1.54) is 0 Å². The molecule has 1 fully saturated rings. The second-order valence-corrected chi connectivity index (χ2v) is 4.56. The summed E-state index contributed by atoms with van der Waals surface area (Å²) in [4.78, 5) is 11.3. The number of epoxide rings is 1. The molecule has 0 saturated carbocycles. The van der Waals surface area contributed by atoms with E-state index in [2.05, 4.69) is 0 Å². The molecule has 0 aromatic heterocycles. The molecule has 12 heavy (non-hydrogen) atoms. The molecule has 0 aliphatic carbocycles. The van der Waals surface area contributed by atoms with Crippen molar-refractivity contribution >= 4 is 5.97 Å². The Balaban J connectivity index is 2.28. The van der Waals surface area contributed by atoms with Crippen LogP contribution in [0.3, 0.4) is 0 Å². The first-order chi connectivity index (χ1) is 5.33. The molecule has 0 aromatic rings. The van der Waals surface area contributed by atoms with Gasteiger partial charge in [-0.2, -0.15) is 0 Å². The third-order valence-corrected chi connectivity index (χ3v) is 1.76. The fraction of sp³-hybridized carbons (Fsp3) is 0.889. The molecule has 1 heterocycles. The van der Waals surface area contributed by atoms with Gasteiger partial charge in [0.25, 0.3) is 0 Å². The van der Waals surface area contributed by atoms with Crippen molar-refractivity contribution < 1.29 is 14.3 Å². The normalized spacial score (nSPS) is 28.3. The van der Waals surface area contributed by atoms with Crippen LogP contribution in [0.1, 0.15) is 27.7 Å². The number of esters is 1. The average Bonchev–Trinajstić information content (AvgIpc) is 2.62. The molecule has 0 spiro atoms. The molecule has 0 amide bonds. The smallest absolute Gasteiger partial charge is 0.311 e. The summed E-state index contributed by atoms with van der Waals surface area (Å²) in [6.45, 7) is 8.53. The van der Waals surface area contributed by atoms with E-state index in [0.29, 0.717) is 13.2 Å². The highest BCUT2D eigenvalue weighted by Gasteiger charge is 2.41. The van der Waals surface area contributed by atoms with Crippen molar-refractivity contribution in [1.82, 2.24) is 0 Å². The van der Waals surface area contributed by atoms with Gasteiger partial charge in [0, 0.05) is 0 Å². The maximum absolute atomic E-state index is 11.3. The van der Waals surface area contributed by atoms with E-state index >= 15 is 0 Å².